The van der Waals surface area contributed by atoms with Gasteiger partial charge in [-0.1, -0.05) is 31.2 Å². The Bertz CT molecular complexity index is 643. The molecule has 6 nitrogen and oxygen atoms in total. The molecule has 1 atom stereocenters. The highest BCUT2D eigenvalue weighted by molar-refractivity contribution is 5.78. The van der Waals surface area contributed by atoms with E-state index >= 15 is 0 Å². The summed E-state index contributed by atoms with van der Waals surface area (Å²) in [5.74, 6) is 0.293. The molecule has 0 saturated carbocycles. The van der Waals surface area contributed by atoms with E-state index < -0.39 is 0 Å². The highest BCUT2D eigenvalue weighted by Gasteiger charge is 2.27. The van der Waals surface area contributed by atoms with Gasteiger partial charge in [0.2, 0.25) is 0 Å². The van der Waals surface area contributed by atoms with Crippen molar-refractivity contribution < 1.29 is 19.4 Å². The normalized spacial score (nSPS) is 16.7. The Labute approximate surface area is 169 Å². The van der Waals surface area contributed by atoms with Crippen molar-refractivity contribution in [3.63, 3.8) is 0 Å². The standard InChI is InChI=1S/C22H36N4O2/c1-6-18-7-9-19(10-8-18)15-24(5)17-21(28)26-13-11-25(12-14-26)16-20(27)23-22(2,3)4/h7-10H,6,11-17H2,1-5H3,(H,23,27)/p+2. The summed E-state index contributed by atoms with van der Waals surface area (Å²) in [7, 11) is 2.07. The summed E-state index contributed by atoms with van der Waals surface area (Å²) < 4.78 is 0. The first-order chi connectivity index (χ1) is 13.2. The van der Waals surface area contributed by atoms with Gasteiger partial charge in [-0.3, -0.25) is 9.59 Å². The lowest BCUT2D eigenvalue weighted by molar-refractivity contribution is -0.897. The number of nitrogens with zero attached hydrogens (tertiary/aromatic N) is 1. The van der Waals surface area contributed by atoms with Crippen LogP contribution in [0.15, 0.2) is 24.3 Å². The molecule has 1 saturated heterocycles. The molecule has 0 bridgehead atoms. The molecule has 1 aliphatic rings. The molecule has 28 heavy (non-hydrogen) atoms. The number of rotatable bonds is 7. The van der Waals surface area contributed by atoms with Gasteiger partial charge >= 0.3 is 0 Å². The Morgan fingerprint density at radius 1 is 1.11 bits per heavy atom. The minimum absolute atomic E-state index is 0.0838. The molecular weight excluding hydrogens is 352 g/mol. The number of hydrogen-bond donors (Lipinski definition) is 3. The van der Waals surface area contributed by atoms with Crippen molar-refractivity contribution in [2.45, 2.75) is 46.2 Å². The van der Waals surface area contributed by atoms with E-state index in [1.54, 1.807) is 0 Å². The minimum Gasteiger partial charge on any atom is -0.347 e. The smallest absolute Gasteiger partial charge is 0.278 e. The van der Waals surface area contributed by atoms with Gasteiger partial charge in [0.05, 0.1) is 33.2 Å². The Kier molecular flexibility index (Phi) is 8.01. The van der Waals surface area contributed by atoms with Crippen LogP contribution in [0.25, 0.3) is 0 Å². The van der Waals surface area contributed by atoms with E-state index in [1.165, 1.54) is 20.9 Å². The van der Waals surface area contributed by atoms with Crippen LogP contribution in [0.4, 0.5) is 0 Å². The van der Waals surface area contributed by atoms with Gasteiger partial charge in [-0.25, -0.2) is 0 Å². The summed E-state index contributed by atoms with van der Waals surface area (Å²) in [5, 5.41) is 3.01. The molecule has 6 heteroatoms. The number of nitrogens with one attached hydrogen (secondary N) is 3. The maximum Gasteiger partial charge on any atom is 0.278 e. The van der Waals surface area contributed by atoms with Crippen molar-refractivity contribution in [2.24, 2.45) is 0 Å². The minimum atomic E-state index is -0.196. The van der Waals surface area contributed by atoms with Crippen LogP contribution in [-0.4, -0.2) is 68.6 Å². The van der Waals surface area contributed by atoms with Crippen LogP contribution in [-0.2, 0) is 22.6 Å². The van der Waals surface area contributed by atoms with Crippen LogP contribution in [0.1, 0.15) is 38.8 Å². The number of carbonyl (C=O) groups is 2. The van der Waals surface area contributed by atoms with Crippen molar-refractivity contribution in [1.29, 1.82) is 0 Å². The molecule has 0 aliphatic carbocycles. The van der Waals surface area contributed by atoms with E-state index in [4.69, 9.17) is 0 Å². The lowest BCUT2D eigenvalue weighted by Gasteiger charge is -2.32. The van der Waals surface area contributed by atoms with Gasteiger partial charge < -0.3 is 20.0 Å². The zero-order chi connectivity index (χ0) is 20.7. The zero-order valence-corrected chi connectivity index (χ0v) is 18.2. The van der Waals surface area contributed by atoms with Gasteiger partial charge in [0.15, 0.2) is 13.1 Å². The molecular formula is C22H38N4O2+2. The number of likely N-dealkylation sites (N-methyl/N-ethyl adjacent to an activating group) is 1. The molecule has 1 unspecified atom stereocenters. The first-order valence-electron chi connectivity index (χ1n) is 10.5. The number of benzene rings is 1. The van der Waals surface area contributed by atoms with Gasteiger partial charge in [-0.15, -0.1) is 0 Å². The fourth-order valence-electron chi connectivity index (χ4n) is 3.61. The maximum atomic E-state index is 12.6. The van der Waals surface area contributed by atoms with Gasteiger partial charge in [0, 0.05) is 11.1 Å². The molecule has 1 heterocycles. The van der Waals surface area contributed by atoms with Crippen molar-refractivity contribution >= 4 is 11.8 Å². The van der Waals surface area contributed by atoms with Crippen LogP contribution >= 0.6 is 0 Å². The summed E-state index contributed by atoms with van der Waals surface area (Å²) in [6.45, 7) is 13.1. The molecule has 156 valence electrons. The maximum absolute atomic E-state index is 12.6. The van der Waals surface area contributed by atoms with Gasteiger partial charge in [-0.2, -0.15) is 0 Å². The monoisotopic (exact) mass is 390 g/mol. The second-order valence-electron chi connectivity index (χ2n) is 9.09. The van der Waals surface area contributed by atoms with Crippen LogP contribution in [0.2, 0.25) is 0 Å². The second kappa shape index (κ2) is 10.0. The molecule has 2 rings (SSSR count). The highest BCUT2D eigenvalue weighted by atomic mass is 16.2. The number of hydrogen-bond acceptors (Lipinski definition) is 2. The third kappa shape index (κ3) is 7.60. The molecule has 0 aromatic heterocycles. The fourth-order valence-corrected chi connectivity index (χ4v) is 3.61. The molecule has 2 amide bonds. The van der Waals surface area contributed by atoms with Crippen LogP contribution < -0.4 is 15.1 Å². The molecule has 0 radical (unpaired) electrons. The van der Waals surface area contributed by atoms with E-state index in [0.717, 1.165) is 39.1 Å². The van der Waals surface area contributed by atoms with Crippen LogP contribution in [0, 0.1) is 0 Å². The van der Waals surface area contributed by atoms with Crippen molar-refractivity contribution in [3.8, 4) is 0 Å². The summed E-state index contributed by atoms with van der Waals surface area (Å²) in [5.41, 5.74) is 2.41. The first-order valence-corrected chi connectivity index (χ1v) is 10.5. The second-order valence-corrected chi connectivity index (χ2v) is 9.09. The Hall–Kier alpha value is -1.92. The van der Waals surface area contributed by atoms with E-state index in [2.05, 4.69) is 43.6 Å². The first kappa shape index (κ1) is 22.4. The largest absolute Gasteiger partial charge is 0.347 e. The van der Waals surface area contributed by atoms with Crippen molar-refractivity contribution in [3.05, 3.63) is 35.4 Å². The van der Waals surface area contributed by atoms with Crippen molar-refractivity contribution in [2.75, 3.05) is 46.3 Å². The van der Waals surface area contributed by atoms with E-state index in [-0.39, 0.29) is 17.4 Å². The summed E-state index contributed by atoms with van der Waals surface area (Å²) in [4.78, 5) is 29.1. The lowest BCUT2D eigenvalue weighted by Crippen LogP contribution is -3.16. The third-order valence-electron chi connectivity index (χ3n) is 5.14. The SMILES string of the molecule is CCc1ccc(C[NH+](C)CC(=O)N2CC[NH+](CC(=O)NC(C)(C)C)CC2)cc1. The molecule has 3 N–H and O–H groups in total. The molecule has 1 aromatic carbocycles. The summed E-state index contributed by atoms with van der Waals surface area (Å²) in [6.07, 6.45) is 1.05. The fraction of sp³-hybridized carbons (Fsp3) is 0.636. The molecule has 1 aromatic rings. The molecule has 0 spiro atoms. The number of amides is 2. The van der Waals surface area contributed by atoms with E-state index in [9.17, 15) is 9.59 Å². The predicted octanol–water partition coefficient (Wildman–Crippen LogP) is -1.09. The summed E-state index contributed by atoms with van der Waals surface area (Å²) in [6, 6.07) is 8.67. The Balaban J connectivity index is 1.72. The average Bonchev–Trinajstić information content (AvgIpc) is 2.61. The van der Waals surface area contributed by atoms with Gasteiger partial charge in [0.1, 0.15) is 6.54 Å². The number of aryl methyl sites for hydroxylation is 1. The third-order valence-corrected chi connectivity index (χ3v) is 5.14. The van der Waals surface area contributed by atoms with E-state index in [1.807, 2.05) is 25.7 Å². The van der Waals surface area contributed by atoms with E-state index in [0.29, 0.717) is 13.1 Å². The van der Waals surface area contributed by atoms with Gasteiger partial charge in [0.25, 0.3) is 11.8 Å². The summed E-state index contributed by atoms with van der Waals surface area (Å²) >= 11 is 0. The van der Waals surface area contributed by atoms with Crippen molar-refractivity contribution in [1.82, 2.24) is 10.2 Å². The quantitative estimate of drug-likeness (QED) is 0.554. The van der Waals surface area contributed by atoms with Crippen LogP contribution in [0.5, 0.6) is 0 Å². The topological polar surface area (TPSA) is 58.3 Å². The number of quaternary nitrogens is 2. The molecule has 1 aliphatic heterocycles. The zero-order valence-electron chi connectivity index (χ0n) is 18.2. The van der Waals surface area contributed by atoms with Crippen LogP contribution in [0.3, 0.4) is 0 Å². The highest BCUT2D eigenvalue weighted by Crippen LogP contribution is 2.03. The Morgan fingerprint density at radius 3 is 2.21 bits per heavy atom. The Morgan fingerprint density at radius 2 is 1.68 bits per heavy atom. The predicted molar refractivity (Wildman–Crippen MR) is 111 cm³/mol. The lowest BCUT2D eigenvalue weighted by atomic mass is 10.1. The average molecular weight is 391 g/mol. The molecule has 1 fully saturated rings. The number of carbonyl (C=O) groups excluding carboxylic acids is 2. The number of piperazine rings is 1. The van der Waals surface area contributed by atoms with Gasteiger partial charge in [-0.05, 0) is 32.8 Å².